The summed E-state index contributed by atoms with van der Waals surface area (Å²) in [4.78, 5) is 29.5. The van der Waals surface area contributed by atoms with E-state index in [1.165, 1.54) is 23.1 Å². The molecule has 3 aromatic rings. The number of nitrogens with one attached hydrogen (secondary N) is 1. The lowest BCUT2D eigenvalue weighted by molar-refractivity contribution is -0.113. The van der Waals surface area contributed by atoms with Gasteiger partial charge < -0.3 is 5.32 Å². The predicted molar refractivity (Wildman–Crippen MR) is 109 cm³/mol. The Hall–Kier alpha value is -2.12. The summed E-state index contributed by atoms with van der Waals surface area (Å²) in [7, 11) is 0. The zero-order chi connectivity index (χ0) is 18.7. The number of carbonyl (C=O) groups excluding carboxylic acids is 1. The smallest absolute Gasteiger partial charge is 0.272 e. The molecule has 0 spiro atoms. The summed E-state index contributed by atoms with van der Waals surface area (Å²) < 4.78 is 2.29. The lowest BCUT2D eigenvalue weighted by Crippen LogP contribution is -2.23. The van der Waals surface area contributed by atoms with Crippen molar-refractivity contribution >= 4 is 44.9 Å². The maximum Gasteiger partial charge on any atom is 0.272 e. The largest absolute Gasteiger partial charge is 0.325 e. The molecule has 0 aliphatic rings. The summed E-state index contributed by atoms with van der Waals surface area (Å²) in [6.45, 7) is 6.50. The molecular formula is C19H21N3O2S2. The molecule has 0 bridgehead atoms. The highest BCUT2D eigenvalue weighted by molar-refractivity contribution is 7.99. The van der Waals surface area contributed by atoms with Crippen LogP contribution in [-0.2, 0) is 17.8 Å². The van der Waals surface area contributed by atoms with Gasteiger partial charge in [-0.15, -0.1) is 11.3 Å². The first-order chi connectivity index (χ1) is 12.5. The van der Waals surface area contributed by atoms with Crippen molar-refractivity contribution in [2.24, 2.45) is 0 Å². The third-order valence-electron chi connectivity index (χ3n) is 4.18. The molecule has 0 aliphatic heterocycles. The molecule has 5 nitrogen and oxygen atoms in total. The molecule has 0 atom stereocenters. The van der Waals surface area contributed by atoms with Crippen LogP contribution < -0.4 is 10.9 Å². The SMILES string of the molecule is CCc1cccc(C)c1NC(=O)CSc1nc2ccsc2c(=O)n1CC. The fourth-order valence-corrected chi connectivity index (χ4v) is 4.46. The fourth-order valence-electron chi connectivity index (χ4n) is 2.82. The summed E-state index contributed by atoms with van der Waals surface area (Å²) in [5, 5.41) is 5.46. The maximum absolute atomic E-state index is 12.5. The van der Waals surface area contributed by atoms with Gasteiger partial charge in [0.25, 0.3) is 5.56 Å². The minimum atomic E-state index is -0.0960. The van der Waals surface area contributed by atoms with Crippen molar-refractivity contribution in [3.8, 4) is 0 Å². The number of fused-ring (bicyclic) bond motifs is 1. The Kier molecular flexibility index (Phi) is 5.78. The van der Waals surface area contributed by atoms with Gasteiger partial charge >= 0.3 is 0 Å². The second-order valence-electron chi connectivity index (χ2n) is 5.88. The normalized spacial score (nSPS) is 11.0. The number of rotatable bonds is 6. The molecule has 136 valence electrons. The van der Waals surface area contributed by atoms with E-state index in [1.54, 1.807) is 4.57 Å². The number of benzene rings is 1. The molecule has 0 aliphatic carbocycles. The van der Waals surface area contributed by atoms with Crippen LogP contribution in [0.25, 0.3) is 10.2 Å². The summed E-state index contributed by atoms with van der Waals surface area (Å²) in [6.07, 6.45) is 0.857. The zero-order valence-corrected chi connectivity index (χ0v) is 16.7. The van der Waals surface area contributed by atoms with Crippen molar-refractivity contribution in [2.75, 3.05) is 11.1 Å². The maximum atomic E-state index is 12.5. The summed E-state index contributed by atoms with van der Waals surface area (Å²) in [5.74, 6) is 0.112. The number of amides is 1. The van der Waals surface area contributed by atoms with Crippen LogP contribution in [0.5, 0.6) is 0 Å². The average molecular weight is 388 g/mol. The van der Waals surface area contributed by atoms with Crippen LogP contribution in [0.15, 0.2) is 39.6 Å². The van der Waals surface area contributed by atoms with Crippen LogP contribution in [0.1, 0.15) is 25.0 Å². The Balaban J connectivity index is 1.78. The first-order valence-electron chi connectivity index (χ1n) is 8.54. The number of nitrogens with zero attached hydrogens (tertiary/aromatic N) is 2. The van der Waals surface area contributed by atoms with E-state index < -0.39 is 0 Å². The third kappa shape index (κ3) is 3.68. The number of thioether (sulfide) groups is 1. The molecule has 2 aromatic heterocycles. The lowest BCUT2D eigenvalue weighted by atomic mass is 10.1. The van der Waals surface area contributed by atoms with Crippen molar-refractivity contribution in [2.45, 2.75) is 38.9 Å². The van der Waals surface area contributed by atoms with Gasteiger partial charge in [-0.05, 0) is 42.8 Å². The quantitative estimate of drug-likeness (QED) is 0.511. The molecule has 0 unspecified atom stereocenters. The number of aryl methyl sites for hydroxylation is 2. The second-order valence-corrected chi connectivity index (χ2v) is 7.74. The Morgan fingerprint density at radius 3 is 2.85 bits per heavy atom. The number of aromatic nitrogens is 2. The summed E-state index contributed by atoms with van der Waals surface area (Å²) in [6, 6.07) is 7.85. The predicted octanol–water partition coefficient (Wildman–Crippen LogP) is 4.08. The Labute approximate surface area is 160 Å². The second kappa shape index (κ2) is 8.05. The third-order valence-corrected chi connectivity index (χ3v) is 6.05. The van der Waals surface area contributed by atoms with Crippen molar-refractivity contribution in [1.82, 2.24) is 9.55 Å². The summed E-state index contributed by atoms with van der Waals surface area (Å²) in [5.41, 5.74) is 3.70. The van der Waals surface area contributed by atoms with Gasteiger partial charge in [-0.2, -0.15) is 0 Å². The highest BCUT2D eigenvalue weighted by atomic mass is 32.2. The minimum absolute atomic E-state index is 0.0393. The van der Waals surface area contributed by atoms with Gasteiger partial charge in [-0.1, -0.05) is 36.9 Å². The van der Waals surface area contributed by atoms with E-state index in [-0.39, 0.29) is 17.2 Å². The van der Waals surface area contributed by atoms with E-state index in [2.05, 4.69) is 17.2 Å². The van der Waals surface area contributed by atoms with E-state index >= 15 is 0 Å². The molecule has 0 saturated carbocycles. The molecule has 0 saturated heterocycles. The van der Waals surface area contributed by atoms with Gasteiger partial charge in [0, 0.05) is 12.2 Å². The monoisotopic (exact) mass is 387 g/mol. The standard InChI is InChI=1S/C19H21N3O2S2/c1-4-13-8-6-7-12(3)16(13)21-15(23)11-26-19-20-14-9-10-25-17(14)18(24)22(19)5-2/h6-10H,4-5,11H2,1-3H3,(H,21,23). The highest BCUT2D eigenvalue weighted by Gasteiger charge is 2.14. The van der Waals surface area contributed by atoms with Crippen LogP contribution in [-0.4, -0.2) is 21.2 Å². The average Bonchev–Trinajstić information content (AvgIpc) is 3.10. The molecule has 0 radical (unpaired) electrons. The number of thiophene rings is 1. The highest BCUT2D eigenvalue weighted by Crippen LogP contribution is 2.23. The summed E-state index contributed by atoms with van der Waals surface area (Å²) >= 11 is 2.69. The molecular weight excluding hydrogens is 366 g/mol. The Bertz CT molecular complexity index is 1010. The Morgan fingerprint density at radius 1 is 1.31 bits per heavy atom. The molecule has 1 amide bonds. The van der Waals surface area contributed by atoms with Crippen LogP contribution in [0.2, 0.25) is 0 Å². The van der Waals surface area contributed by atoms with E-state index in [9.17, 15) is 9.59 Å². The van der Waals surface area contributed by atoms with E-state index in [0.717, 1.165) is 23.2 Å². The molecule has 7 heteroatoms. The van der Waals surface area contributed by atoms with Crippen molar-refractivity contribution in [1.29, 1.82) is 0 Å². The molecule has 0 fully saturated rings. The van der Waals surface area contributed by atoms with E-state index in [0.29, 0.717) is 21.9 Å². The van der Waals surface area contributed by atoms with Gasteiger partial charge in [0.1, 0.15) is 4.70 Å². The van der Waals surface area contributed by atoms with Crippen molar-refractivity contribution < 1.29 is 4.79 Å². The molecule has 3 rings (SSSR count). The van der Waals surface area contributed by atoms with Crippen molar-refractivity contribution in [3.05, 3.63) is 51.1 Å². The number of para-hydroxylation sites is 1. The number of carbonyl (C=O) groups is 1. The molecule has 1 N–H and O–H groups in total. The van der Waals surface area contributed by atoms with E-state index in [4.69, 9.17) is 0 Å². The molecule has 26 heavy (non-hydrogen) atoms. The van der Waals surface area contributed by atoms with Gasteiger partial charge in [0.15, 0.2) is 5.16 Å². The lowest BCUT2D eigenvalue weighted by Gasteiger charge is -2.13. The number of hydrogen-bond acceptors (Lipinski definition) is 5. The van der Waals surface area contributed by atoms with Crippen LogP contribution >= 0.6 is 23.1 Å². The minimum Gasteiger partial charge on any atom is -0.325 e. The first kappa shape index (κ1) is 18.7. The van der Waals surface area contributed by atoms with Gasteiger partial charge in [-0.25, -0.2) is 4.98 Å². The topological polar surface area (TPSA) is 64.0 Å². The van der Waals surface area contributed by atoms with E-state index in [1.807, 2.05) is 43.5 Å². The van der Waals surface area contributed by atoms with Crippen LogP contribution in [0, 0.1) is 6.92 Å². The zero-order valence-electron chi connectivity index (χ0n) is 15.0. The number of anilines is 1. The Morgan fingerprint density at radius 2 is 2.12 bits per heavy atom. The first-order valence-corrected chi connectivity index (χ1v) is 10.4. The molecule has 1 aromatic carbocycles. The van der Waals surface area contributed by atoms with Crippen LogP contribution in [0.3, 0.4) is 0 Å². The van der Waals surface area contributed by atoms with Gasteiger partial charge in [-0.3, -0.25) is 14.2 Å². The fraction of sp³-hybridized carbons (Fsp3) is 0.316. The van der Waals surface area contributed by atoms with Crippen LogP contribution in [0.4, 0.5) is 5.69 Å². The van der Waals surface area contributed by atoms with Crippen molar-refractivity contribution in [3.63, 3.8) is 0 Å². The molecule has 2 heterocycles. The van der Waals surface area contributed by atoms with Gasteiger partial charge in [0.2, 0.25) is 5.91 Å². The van der Waals surface area contributed by atoms with Gasteiger partial charge in [0.05, 0.1) is 11.3 Å². The number of hydrogen-bond donors (Lipinski definition) is 1.